The molecular weight excluding hydrogens is 256 g/mol. The van der Waals surface area contributed by atoms with Gasteiger partial charge < -0.3 is 19.6 Å². The standard InChI is InChI=1S/C11H20N2O4S/c1-11(17-6-9(14)15)7-13(8-11)10(16)12(2)4-5-18-3/h4-8H2,1-3H3,(H,14,15). The summed E-state index contributed by atoms with van der Waals surface area (Å²) >= 11 is 1.69. The fraction of sp³-hybridized carbons (Fsp3) is 0.818. The van der Waals surface area contributed by atoms with Crippen LogP contribution in [0.4, 0.5) is 4.79 Å². The highest BCUT2D eigenvalue weighted by Crippen LogP contribution is 2.25. The molecule has 1 saturated heterocycles. The summed E-state index contributed by atoms with van der Waals surface area (Å²) in [6.45, 7) is 3.11. The minimum atomic E-state index is -0.988. The monoisotopic (exact) mass is 276 g/mol. The van der Waals surface area contributed by atoms with E-state index in [2.05, 4.69) is 0 Å². The average Bonchev–Trinajstić information content (AvgIpc) is 2.28. The fourth-order valence-corrected chi connectivity index (χ4v) is 2.25. The number of aliphatic carboxylic acids is 1. The molecular formula is C11H20N2O4S. The third-order valence-corrected chi connectivity index (χ3v) is 3.41. The first-order valence-corrected chi connectivity index (χ1v) is 7.12. The summed E-state index contributed by atoms with van der Waals surface area (Å²) in [6.07, 6.45) is 2.00. The number of ether oxygens (including phenoxy) is 1. The molecule has 2 amide bonds. The molecule has 0 unspecified atom stereocenters. The van der Waals surface area contributed by atoms with Crippen LogP contribution in [-0.4, -0.2) is 77.8 Å². The molecule has 104 valence electrons. The summed E-state index contributed by atoms with van der Waals surface area (Å²) in [6, 6.07) is -0.0274. The first-order chi connectivity index (χ1) is 8.38. The van der Waals surface area contributed by atoms with Crippen molar-refractivity contribution >= 4 is 23.8 Å². The molecule has 18 heavy (non-hydrogen) atoms. The summed E-state index contributed by atoms with van der Waals surface area (Å²) in [5, 5.41) is 8.54. The third-order valence-electron chi connectivity index (χ3n) is 2.82. The van der Waals surface area contributed by atoms with E-state index in [4.69, 9.17) is 9.84 Å². The highest BCUT2D eigenvalue weighted by atomic mass is 32.2. The van der Waals surface area contributed by atoms with Gasteiger partial charge in [-0.1, -0.05) is 0 Å². The van der Waals surface area contributed by atoms with Gasteiger partial charge in [0.2, 0.25) is 0 Å². The quantitative estimate of drug-likeness (QED) is 0.768. The number of carbonyl (C=O) groups is 2. The van der Waals surface area contributed by atoms with E-state index in [0.29, 0.717) is 19.6 Å². The van der Waals surface area contributed by atoms with E-state index in [-0.39, 0.29) is 12.6 Å². The van der Waals surface area contributed by atoms with Gasteiger partial charge in [-0.3, -0.25) is 0 Å². The van der Waals surface area contributed by atoms with Gasteiger partial charge in [0.15, 0.2) is 0 Å². The molecule has 0 saturated carbocycles. The second-order valence-electron chi connectivity index (χ2n) is 4.69. The van der Waals surface area contributed by atoms with Crippen molar-refractivity contribution in [2.75, 3.05) is 45.3 Å². The van der Waals surface area contributed by atoms with E-state index in [9.17, 15) is 9.59 Å². The molecule has 0 spiro atoms. The van der Waals surface area contributed by atoms with Crippen LogP contribution in [0.5, 0.6) is 0 Å². The van der Waals surface area contributed by atoms with E-state index < -0.39 is 11.6 Å². The van der Waals surface area contributed by atoms with E-state index >= 15 is 0 Å². The molecule has 0 aromatic heterocycles. The molecule has 1 heterocycles. The zero-order valence-corrected chi connectivity index (χ0v) is 11.8. The maximum Gasteiger partial charge on any atom is 0.329 e. The van der Waals surface area contributed by atoms with Crippen molar-refractivity contribution < 1.29 is 19.4 Å². The lowest BCUT2D eigenvalue weighted by Crippen LogP contribution is -2.65. The van der Waals surface area contributed by atoms with Crippen molar-refractivity contribution in [1.82, 2.24) is 9.80 Å². The van der Waals surface area contributed by atoms with Gasteiger partial charge in [0.1, 0.15) is 12.2 Å². The van der Waals surface area contributed by atoms with E-state index in [1.54, 1.807) is 28.6 Å². The van der Waals surface area contributed by atoms with Crippen molar-refractivity contribution in [3.63, 3.8) is 0 Å². The zero-order valence-electron chi connectivity index (χ0n) is 11.0. The minimum Gasteiger partial charge on any atom is -0.480 e. The Kier molecular flexibility index (Phi) is 5.28. The molecule has 6 nitrogen and oxygen atoms in total. The van der Waals surface area contributed by atoms with E-state index in [1.807, 2.05) is 13.2 Å². The Labute approximate surface area is 111 Å². The summed E-state index contributed by atoms with van der Waals surface area (Å²) < 4.78 is 5.25. The molecule has 1 rings (SSSR count). The number of amides is 2. The second-order valence-corrected chi connectivity index (χ2v) is 5.67. The normalized spacial score (nSPS) is 17.2. The lowest BCUT2D eigenvalue weighted by atomic mass is 9.97. The van der Waals surface area contributed by atoms with Gasteiger partial charge in [-0.05, 0) is 13.2 Å². The SMILES string of the molecule is CSCCN(C)C(=O)N1CC(C)(OCC(=O)O)C1. The summed E-state index contributed by atoms with van der Waals surface area (Å²) in [4.78, 5) is 25.7. The first-order valence-electron chi connectivity index (χ1n) is 5.73. The molecule has 1 fully saturated rings. The van der Waals surface area contributed by atoms with Gasteiger partial charge >= 0.3 is 12.0 Å². The Hall–Kier alpha value is -0.950. The lowest BCUT2D eigenvalue weighted by Gasteiger charge is -2.48. The predicted molar refractivity (Wildman–Crippen MR) is 70.0 cm³/mol. The van der Waals surface area contributed by atoms with Crippen LogP contribution in [0.15, 0.2) is 0 Å². The van der Waals surface area contributed by atoms with Gasteiger partial charge in [-0.15, -0.1) is 0 Å². The van der Waals surface area contributed by atoms with Crippen molar-refractivity contribution in [3.05, 3.63) is 0 Å². The topological polar surface area (TPSA) is 70.1 Å². The maximum atomic E-state index is 11.9. The van der Waals surface area contributed by atoms with Crippen LogP contribution in [0.1, 0.15) is 6.92 Å². The zero-order chi connectivity index (χ0) is 13.8. The van der Waals surface area contributed by atoms with Crippen LogP contribution < -0.4 is 0 Å². The number of carboxylic acid groups (broad SMARTS) is 1. The van der Waals surface area contributed by atoms with Gasteiger partial charge in [-0.2, -0.15) is 11.8 Å². The van der Waals surface area contributed by atoms with Crippen LogP contribution >= 0.6 is 11.8 Å². The lowest BCUT2D eigenvalue weighted by molar-refractivity contribution is -0.160. The Bertz CT molecular complexity index is 318. The van der Waals surface area contributed by atoms with Crippen molar-refractivity contribution in [2.45, 2.75) is 12.5 Å². The molecule has 7 heteroatoms. The van der Waals surface area contributed by atoms with Crippen molar-refractivity contribution in [3.8, 4) is 0 Å². The van der Waals surface area contributed by atoms with Crippen molar-refractivity contribution in [1.29, 1.82) is 0 Å². The Morgan fingerprint density at radius 2 is 2.11 bits per heavy atom. The number of hydrogen-bond acceptors (Lipinski definition) is 4. The number of urea groups is 1. The van der Waals surface area contributed by atoms with Crippen LogP contribution in [0, 0.1) is 0 Å². The predicted octanol–water partition coefficient (Wildman–Crippen LogP) is 0.577. The number of carbonyl (C=O) groups excluding carboxylic acids is 1. The highest BCUT2D eigenvalue weighted by Gasteiger charge is 2.43. The van der Waals surface area contributed by atoms with Crippen LogP contribution in [0.2, 0.25) is 0 Å². The summed E-state index contributed by atoms with van der Waals surface area (Å²) in [5.74, 6) is -0.0823. The second kappa shape index (κ2) is 6.29. The van der Waals surface area contributed by atoms with Crippen LogP contribution in [0.3, 0.4) is 0 Å². The van der Waals surface area contributed by atoms with Crippen molar-refractivity contribution in [2.24, 2.45) is 0 Å². The number of likely N-dealkylation sites (tertiary alicyclic amines) is 1. The fourth-order valence-electron chi connectivity index (χ4n) is 1.79. The number of nitrogens with zero attached hydrogens (tertiary/aromatic N) is 2. The molecule has 0 bridgehead atoms. The Balaban J connectivity index is 2.32. The minimum absolute atomic E-state index is 0.0274. The molecule has 1 aliphatic heterocycles. The van der Waals surface area contributed by atoms with Gasteiger partial charge in [0.25, 0.3) is 0 Å². The molecule has 0 aromatic rings. The Morgan fingerprint density at radius 3 is 2.61 bits per heavy atom. The van der Waals surface area contributed by atoms with Crippen LogP contribution in [-0.2, 0) is 9.53 Å². The third kappa shape index (κ3) is 4.06. The van der Waals surface area contributed by atoms with E-state index in [0.717, 1.165) is 5.75 Å². The van der Waals surface area contributed by atoms with E-state index in [1.165, 1.54) is 0 Å². The Morgan fingerprint density at radius 1 is 1.50 bits per heavy atom. The number of thioether (sulfide) groups is 1. The van der Waals surface area contributed by atoms with Gasteiger partial charge in [0, 0.05) is 19.3 Å². The first kappa shape index (κ1) is 15.1. The average molecular weight is 276 g/mol. The number of rotatable bonds is 6. The maximum absolute atomic E-state index is 11.9. The smallest absolute Gasteiger partial charge is 0.329 e. The largest absolute Gasteiger partial charge is 0.480 e. The van der Waals surface area contributed by atoms with Gasteiger partial charge in [0.05, 0.1) is 13.1 Å². The summed E-state index contributed by atoms with van der Waals surface area (Å²) in [7, 11) is 1.77. The molecule has 0 radical (unpaired) electrons. The molecule has 1 N–H and O–H groups in total. The number of hydrogen-bond donors (Lipinski definition) is 1. The molecule has 0 atom stereocenters. The van der Waals surface area contributed by atoms with Gasteiger partial charge in [-0.25, -0.2) is 9.59 Å². The molecule has 0 aromatic carbocycles. The number of carboxylic acids is 1. The molecule has 1 aliphatic rings. The van der Waals surface area contributed by atoms with Crippen LogP contribution in [0.25, 0.3) is 0 Å². The highest BCUT2D eigenvalue weighted by molar-refractivity contribution is 7.98. The molecule has 0 aliphatic carbocycles. The summed E-state index contributed by atoms with van der Waals surface area (Å²) in [5.41, 5.74) is -0.519.